The van der Waals surface area contributed by atoms with Gasteiger partial charge in [-0.15, -0.1) is 0 Å². The molecule has 1 aromatic heterocycles. The number of carbonyl (C=O) groups excluding carboxylic acids is 1. The van der Waals surface area contributed by atoms with E-state index in [1.54, 1.807) is 42.5 Å². The van der Waals surface area contributed by atoms with Gasteiger partial charge in [-0.05, 0) is 24.3 Å². The first-order valence-corrected chi connectivity index (χ1v) is 8.44. The van der Waals surface area contributed by atoms with E-state index in [-0.39, 0.29) is 11.3 Å². The minimum Gasteiger partial charge on any atom is -0.468 e. The number of benzene rings is 2. The maximum atomic E-state index is 13.0. The second-order valence-electron chi connectivity index (χ2n) is 4.87. The summed E-state index contributed by atoms with van der Waals surface area (Å²) in [5, 5.41) is 1.30. The van der Waals surface area contributed by atoms with Crippen LogP contribution in [0.15, 0.2) is 58.5 Å². The number of thioether (sulfide) groups is 1. The second kappa shape index (κ2) is 7.07. The van der Waals surface area contributed by atoms with Crippen molar-refractivity contribution in [2.75, 3.05) is 12.9 Å². The summed E-state index contributed by atoms with van der Waals surface area (Å²) in [6.07, 6.45) is 0. The van der Waals surface area contributed by atoms with Gasteiger partial charge in [-0.25, -0.2) is 4.98 Å². The molecule has 0 aliphatic rings. The molecule has 7 heteroatoms. The second-order valence-corrected chi connectivity index (χ2v) is 6.22. The van der Waals surface area contributed by atoms with Crippen LogP contribution in [0.5, 0.6) is 0 Å². The topological polar surface area (TPSA) is 61.2 Å². The number of hydrogen-bond donors (Lipinski definition) is 0. The molecular formula is C17H13ClN2O3S. The molecule has 0 aliphatic heterocycles. The van der Waals surface area contributed by atoms with Crippen molar-refractivity contribution in [3.8, 4) is 5.69 Å². The molecule has 5 nitrogen and oxygen atoms in total. The number of nitrogens with zero attached hydrogens (tertiary/aromatic N) is 2. The van der Waals surface area contributed by atoms with Crippen molar-refractivity contribution >= 4 is 40.2 Å². The van der Waals surface area contributed by atoms with Crippen molar-refractivity contribution < 1.29 is 9.53 Å². The molecule has 0 fully saturated rings. The molecule has 0 saturated carbocycles. The number of aromatic nitrogens is 2. The molecule has 3 rings (SSSR count). The highest BCUT2D eigenvalue weighted by Crippen LogP contribution is 2.25. The molecule has 122 valence electrons. The lowest BCUT2D eigenvalue weighted by molar-refractivity contribution is -0.137. The summed E-state index contributed by atoms with van der Waals surface area (Å²) in [6.45, 7) is 0. The molecule has 3 aromatic rings. The number of halogens is 1. The lowest BCUT2D eigenvalue weighted by Gasteiger charge is -2.14. The summed E-state index contributed by atoms with van der Waals surface area (Å²) in [5.74, 6) is -0.348. The van der Waals surface area contributed by atoms with Crippen LogP contribution in [-0.2, 0) is 9.53 Å². The van der Waals surface area contributed by atoms with Gasteiger partial charge in [-0.3, -0.25) is 14.2 Å². The van der Waals surface area contributed by atoms with Gasteiger partial charge in [0.05, 0.1) is 34.5 Å². The van der Waals surface area contributed by atoms with E-state index in [0.717, 1.165) is 11.8 Å². The average molecular weight is 361 g/mol. The summed E-state index contributed by atoms with van der Waals surface area (Å²) in [5.41, 5.74) is 0.856. The molecule has 2 aromatic carbocycles. The molecule has 0 bridgehead atoms. The Balaban J connectivity index is 2.24. The van der Waals surface area contributed by atoms with Crippen LogP contribution in [0, 0.1) is 0 Å². The zero-order valence-corrected chi connectivity index (χ0v) is 14.3. The summed E-state index contributed by atoms with van der Waals surface area (Å²) in [4.78, 5) is 28.9. The van der Waals surface area contributed by atoms with Gasteiger partial charge in [0.2, 0.25) is 0 Å². The number of esters is 1. The Hall–Kier alpha value is -2.31. The zero-order valence-electron chi connectivity index (χ0n) is 12.7. The van der Waals surface area contributed by atoms with E-state index < -0.39 is 5.97 Å². The van der Waals surface area contributed by atoms with E-state index in [4.69, 9.17) is 11.6 Å². The first-order chi connectivity index (χ1) is 11.6. The van der Waals surface area contributed by atoms with Crippen molar-refractivity contribution in [3.05, 3.63) is 63.9 Å². The largest absolute Gasteiger partial charge is 0.468 e. The molecule has 0 radical (unpaired) electrons. The van der Waals surface area contributed by atoms with E-state index in [9.17, 15) is 9.59 Å². The lowest BCUT2D eigenvalue weighted by Crippen LogP contribution is -2.22. The van der Waals surface area contributed by atoms with Gasteiger partial charge in [0, 0.05) is 0 Å². The van der Waals surface area contributed by atoms with Crippen LogP contribution in [0.1, 0.15) is 0 Å². The minimum atomic E-state index is -0.395. The quantitative estimate of drug-likeness (QED) is 0.406. The van der Waals surface area contributed by atoms with Crippen LogP contribution in [0.4, 0.5) is 0 Å². The Morgan fingerprint density at radius 1 is 1.21 bits per heavy atom. The normalized spacial score (nSPS) is 10.8. The molecule has 0 atom stereocenters. The highest BCUT2D eigenvalue weighted by atomic mass is 35.5. The van der Waals surface area contributed by atoms with Crippen LogP contribution in [-0.4, -0.2) is 28.4 Å². The molecule has 0 amide bonds. The third-order valence-corrected chi connectivity index (χ3v) is 4.62. The van der Waals surface area contributed by atoms with Crippen molar-refractivity contribution in [2.24, 2.45) is 0 Å². The average Bonchev–Trinajstić information content (AvgIpc) is 2.61. The van der Waals surface area contributed by atoms with Gasteiger partial charge >= 0.3 is 5.97 Å². The Kier molecular flexibility index (Phi) is 4.87. The van der Waals surface area contributed by atoms with Gasteiger partial charge in [0.1, 0.15) is 0 Å². The first-order valence-electron chi connectivity index (χ1n) is 7.08. The molecule has 0 N–H and O–H groups in total. The van der Waals surface area contributed by atoms with Crippen molar-refractivity contribution in [2.45, 2.75) is 5.16 Å². The SMILES string of the molecule is COC(=O)CSc1nc2ccccc2c(=O)n1-c1ccccc1Cl. The number of rotatable bonds is 4. The third kappa shape index (κ3) is 3.16. The fraction of sp³-hybridized carbons (Fsp3) is 0.118. The van der Waals surface area contributed by atoms with E-state index in [1.807, 2.05) is 6.07 Å². The Bertz CT molecular complexity index is 971. The summed E-state index contributed by atoms with van der Waals surface area (Å²) in [7, 11) is 1.32. The fourth-order valence-corrected chi connectivity index (χ4v) is 3.30. The molecule has 1 heterocycles. The molecule has 0 aliphatic carbocycles. The molecule has 24 heavy (non-hydrogen) atoms. The number of methoxy groups -OCH3 is 1. The summed E-state index contributed by atoms with van der Waals surface area (Å²) >= 11 is 7.39. The van der Waals surface area contributed by atoms with Crippen LogP contribution in [0.2, 0.25) is 5.02 Å². The van der Waals surface area contributed by atoms with E-state index in [2.05, 4.69) is 9.72 Å². The molecular weight excluding hydrogens is 348 g/mol. The minimum absolute atomic E-state index is 0.0474. The molecule has 0 spiro atoms. The van der Waals surface area contributed by atoms with Crippen LogP contribution < -0.4 is 5.56 Å². The Morgan fingerprint density at radius 3 is 2.67 bits per heavy atom. The Morgan fingerprint density at radius 2 is 1.92 bits per heavy atom. The van der Waals surface area contributed by atoms with E-state index in [1.165, 1.54) is 11.7 Å². The highest BCUT2D eigenvalue weighted by molar-refractivity contribution is 7.99. The molecule has 0 saturated heterocycles. The first kappa shape index (κ1) is 16.5. The van der Waals surface area contributed by atoms with Gasteiger partial charge in [-0.1, -0.05) is 47.6 Å². The van der Waals surface area contributed by atoms with Gasteiger partial charge < -0.3 is 4.74 Å². The highest BCUT2D eigenvalue weighted by Gasteiger charge is 2.16. The van der Waals surface area contributed by atoms with Gasteiger partial charge in [-0.2, -0.15) is 0 Å². The maximum Gasteiger partial charge on any atom is 0.316 e. The van der Waals surface area contributed by atoms with Crippen LogP contribution in [0.25, 0.3) is 16.6 Å². The van der Waals surface area contributed by atoms with Crippen molar-refractivity contribution in [3.63, 3.8) is 0 Å². The van der Waals surface area contributed by atoms with Crippen LogP contribution >= 0.6 is 23.4 Å². The lowest BCUT2D eigenvalue weighted by atomic mass is 10.2. The number of fused-ring (bicyclic) bond motifs is 1. The summed E-state index contributed by atoms with van der Waals surface area (Å²) < 4.78 is 6.09. The monoisotopic (exact) mass is 360 g/mol. The van der Waals surface area contributed by atoms with E-state index in [0.29, 0.717) is 26.8 Å². The van der Waals surface area contributed by atoms with Gasteiger partial charge in [0.25, 0.3) is 5.56 Å². The smallest absolute Gasteiger partial charge is 0.316 e. The van der Waals surface area contributed by atoms with Crippen LogP contribution in [0.3, 0.4) is 0 Å². The van der Waals surface area contributed by atoms with Crippen molar-refractivity contribution in [1.82, 2.24) is 9.55 Å². The number of ether oxygens (including phenoxy) is 1. The zero-order chi connectivity index (χ0) is 17.1. The fourth-order valence-electron chi connectivity index (χ4n) is 2.24. The Labute approximate surface area is 147 Å². The number of carbonyl (C=O) groups is 1. The number of para-hydroxylation sites is 2. The predicted octanol–water partition coefficient (Wildman–Crippen LogP) is 3.30. The maximum absolute atomic E-state index is 13.0. The molecule has 0 unspecified atom stereocenters. The number of hydrogen-bond acceptors (Lipinski definition) is 5. The summed E-state index contributed by atoms with van der Waals surface area (Å²) in [6, 6.07) is 14.1. The standard InChI is InChI=1S/C17H13ClN2O3S/c1-23-15(21)10-24-17-19-13-8-4-2-6-11(13)16(22)20(17)14-9-5-3-7-12(14)18/h2-9H,10H2,1H3. The predicted molar refractivity (Wildman–Crippen MR) is 95.1 cm³/mol. The van der Waals surface area contributed by atoms with Crippen molar-refractivity contribution in [1.29, 1.82) is 0 Å². The third-order valence-electron chi connectivity index (χ3n) is 3.39. The van der Waals surface area contributed by atoms with E-state index >= 15 is 0 Å². The van der Waals surface area contributed by atoms with Gasteiger partial charge in [0.15, 0.2) is 5.16 Å².